The molecule has 3 rings (SSSR count). The number of halogens is 2. The first-order valence-electron chi connectivity index (χ1n) is 6.27. The zero-order valence-electron chi connectivity index (χ0n) is 11.6. The molecule has 1 aliphatic heterocycles. The normalized spacial score (nSPS) is 15.4. The van der Waals surface area contributed by atoms with Gasteiger partial charge in [-0.15, -0.1) is 24.8 Å². The van der Waals surface area contributed by atoms with Crippen molar-refractivity contribution in [1.82, 2.24) is 14.8 Å². The van der Waals surface area contributed by atoms with Gasteiger partial charge in [0.05, 0.1) is 10.2 Å². The Morgan fingerprint density at radius 1 is 1.24 bits per heavy atom. The predicted molar refractivity (Wildman–Crippen MR) is 91.9 cm³/mol. The first kappa shape index (κ1) is 18.0. The second-order valence-corrected chi connectivity index (χ2v) is 5.89. The number of carbonyl (C=O) groups is 1. The van der Waals surface area contributed by atoms with Crippen LogP contribution in [0.5, 0.6) is 0 Å². The van der Waals surface area contributed by atoms with E-state index in [0.29, 0.717) is 5.13 Å². The van der Waals surface area contributed by atoms with Crippen molar-refractivity contribution in [1.29, 1.82) is 0 Å². The van der Waals surface area contributed by atoms with E-state index in [9.17, 15) is 4.79 Å². The lowest BCUT2D eigenvalue weighted by Crippen LogP contribution is -2.47. The summed E-state index contributed by atoms with van der Waals surface area (Å²) in [6, 6.07) is 5.59. The smallest absolute Gasteiger partial charge is 0.253 e. The number of nitrogens with two attached hydrogens (primary N) is 1. The van der Waals surface area contributed by atoms with Crippen LogP contribution in [-0.4, -0.2) is 53.9 Å². The number of amides is 1. The quantitative estimate of drug-likeness (QED) is 0.857. The molecule has 1 aliphatic rings. The van der Waals surface area contributed by atoms with Crippen molar-refractivity contribution in [3.05, 3.63) is 23.8 Å². The van der Waals surface area contributed by atoms with Gasteiger partial charge in [0.2, 0.25) is 0 Å². The number of fused-ring (bicyclic) bond motifs is 1. The van der Waals surface area contributed by atoms with Crippen LogP contribution in [0.15, 0.2) is 18.2 Å². The molecule has 0 bridgehead atoms. The van der Waals surface area contributed by atoms with E-state index >= 15 is 0 Å². The molecular weight excluding hydrogens is 331 g/mol. The van der Waals surface area contributed by atoms with Crippen molar-refractivity contribution in [2.45, 2.75) is 0 Å². The van der Waals surface area contributed by atoms with Gasteiger partial charge in [0.1, 0.15) is 0 Å². The molecule has 1 saturated heterocycles. The number of hydrogen-bond acceptors (Lipinski definition) is 5. The van der Waals surface area contributed by atoms with E-state index in [-0.39, 0.29) is 30.7 Å². The first-order chi connectivity index (χ1) is 9.13. The summed E-state index contributed by atoms with van der Waals surface area (Å²) in [5.41, 5.74) is 7.26. The van der Waals surface area contributed by atoms with Gasteiger partial charge in [-0.05, 0) is 25.2 Å². The zero-order chi connectivity index (χ0) is 13.4. The maximum Gasteiger partial charge on any atom is 0.253 e. The van der Waals surface area contributed by atoms with Crippen molar-refractivity contribution < 1.29 is 4.79 Å². The average Bonchev–Trinajstić information content (AvgIpc) is 2.77. The highest BCUT2D eigenvalue weighted by atomic mass is 35.5. The summed E-state index contributed by atoms with van der Waals surface area (Å²) in [4.78, 5) is 20.8. The number of nitrogens with zero attached hydrogens (tertiary/aromatic N) is 3. The molecule has 116 valence electrons. The average molecular weight is 349 g/mol. The van der Waals surface area contributed by atoms with E-state index in [2.05, 4.69) is 16.9 Å². The lowest BCUT2D eigenvalue weighted by atomic mass is 10.1. The Bertz CT molecular complexity index is 626. The Balaban J connectivity index is 0.00000110. The molecule has 0 spiro atoms. The number of piperazine rings is 1. The Kier molecular flexibility index (Phi) is 6.22. The minimum atomic E-state index is 0. The lowest BCUT2D eigenvalue weighted by molar-refractivity contribution is 0.0664. The number of anilines is 1. The molecule has 0 radical (unpaired) electrons. The van der Waals surface area contributed by atoms with Gasteiger partial charge < -0.3 is 15.5 Å². The molecule has 8 heteroatoms. The van der Waals surface area contributed by atoms with Crippen molar-refractivity contribution in [3.63, 3.8) is 0 Å². The highest BCUT2D eigenvalue weighted by Gasteiger charge is 2.20. The third-order valence-electron chi connectivity index (χ3n) is 3.44. The third-order valence-corrected chi connectivity index (χ3v) is 4.29. The summed E-state index contributed by atoms with van der Waals surface area (Å²) < 4.78 is 0.970. The Morgan fingerprint density at radius 3 is 2.57 bits per heavy atom. The van der Waals surface area contributed by atoms with Crippen molar-refractivity contribution >= 4 is 57.4 Å². The highest BCUT2D eigenvalue weighted by Crippen LogP contribution is 2.25. The second-order valence-electron chi connectivity index (χ2n) is 4.83. The van der Waals surface area contributed by atoms with E-state index in [1.54, 1.807) is 0 Å². The fourth-order valence-electron chi connectivity index (χ4n) is 2.27. The number of thiazole rings is 1. The fourth-order valence-corrected chi connectivity index (χ4v) is 3.04. The summed E-state index contributed by atoms with van der Waals surface area (Å²) in [6.45, 7) is 3.44. The van der Waals surface area contributed by atoms with Crippen molar-refractivity contribution in [3.8, 4) is 0 Å². The zero-order valence-corrected chi connectivity index (χ0v) is 14.1. The highest BCUT2D eigenvalue weighted by molar-refractivity contribution is 7.22. The number of nitrogen functional groups attached to an aromatic ring is 1. The Morgan fingerprint density at radius 2 is 1.90 bits per heavy atom. The fraction of sp³-hybridized carbons (Fsp3) is 0.385. The van der Waals surface area contributed by atoms with Crippen LogP contribution >= 0.6 is 36.2 Å². The van der Waals surface area contributed by atoms with E-state index in [1.807, 2.05) is 23.1 Å². The Labute approximate surface area is 139 Å². The maximum absolute atomic E-state index is 12.4. The number of hydrogen-bond donors (Lipinski definition) is 1. The van der Waals surface area contributed by atoms with Crippen LogP contribution in [0, 0.1) is 0 Å². The summed E-state index contributed by atoms with van der Waals surface area (Å²) in [7, 11) is 2.08. The van der Waals surface area contributed by atoms with Gasteiger partial charge in [-0.1, -0.05) is 11.3 Å². The molecule has 0 aliphatic carbocycles. The SMILES string of the molecule is CN1CCN(C(=O)c2ccc3nc(N)sc3c2)CC1.Cl.Cl. The molecule has 1 aromatic carbocycles. The molecule has 1 fully saturated rings. The van der Waals surface area contributed by atoms with Crippen LogP contribution in [0.4, 0.5) is 5.13 Å². The number of likely N-dealkylation sites (N-methyl/N-ethyl adjacent to an activating group) is 1. The number of benzene rings is 1. The third kappa shape index (κ3) is 3.77. The molecule has 0 unspecified atom stereocenters. The van der Waals surface area contributed by atoms with Gasteiger partial charge in [-0.25, -0.2) is 4.98 Å². The first-order valence-corrected chi connectivity index (χ1v) is 7.09. The van der Waals surface area contributed by atoms with Gasteiger partial charge in [0.15, 0.2) is 5.13 Å². The number of aromatic nitrogens is 1. The standard InChI is InChI=1S/C13H16N4OS.2ClH/c1-16-4-6-17(7-5-16)12(18)9-2-3-10-11(8-9)19-13(14)15-10;;/h2-3,8H,4-7H2,1H3,(H2,14,15);2*1H. The minimum Gasteiger partial charge on any atom is -0.375 e. The van der Waals surface area contributed by atoms with Crippen molar-refractivity contribution in [2.24, 2.45) is 0 Å². The van der Waals surface area contributed by atoms with Gasteiger partial charge in [-0.3, -0.25) is 4.79 Å². The van der Waals surface area contributed by atoms with Crippen molar-refractivity contribution in [2.75, 3.05) is 39.0 Å². The van der Waals surface area contributed by atoms with Crippen LogP contribution in [0.3, 0.4) is 0 Å². The van der Waals surface area contributed by atoms with Crippen LogP contribution < -0.4 is 5.73 Å². The van der Waals surface area contributed by atoms with E-state index in [4.69, 9.17) is 5.73 Å². The van der Waals surface area contributed by atoms with E-state index in [0.717, 1.165) is 42.0 Å². The van der Waals surface area contributed by atoms with Crippen LogP contribution in [-0.2, 0) is 0 Å². The molecule has 1 aromatic heterocycles. The molecule has 2 heterocycles. The number of carbonyl (C=O) groups excluding carboxylic acids is 1. The maximum atomic E-state index is 12.4. The van der Waals surface area contributed by atoms with E-state index < -0.39 is 0 Å². The van der Waals surface area contributed by atoms with E-state index in [1.165, 1.54) is 11.3 Å². The lowest BCUT2D eigenvalue weighted by Gasteiger charge is -2.32. The topological polar surface area (TPSA) is 62.5 Å². The van der Waals surface area contributed by atoms with Crippen LogP contribution in [0.2, 0.25) is 0 Å². The van der Waals surface area contributed by atoms with Crippen LogP contribution in [0.25, 0.3) is 10.2 Å². The van der Waals surface area contributed by atoms with Gasteiger partial charge >= 0.3 is 0 Å². The van der Waals surface area contributed by atoms with Gasteiger partial charge in [0, 0.05) is 31.7 Å². The second kappa shape index (κ2) is 7.26. The monoisotopic (exact) mass is 348 g/mol. The van der Waals surface area contributed by atoms with Gasteiger partial charge in [0.25, 0.3) is 5.91 Å². The summed E-state index contributed by atoms with van der Waals surface area (Å²) >= 11 is 1.42. The summed E-state index contributed by atoms with van der Waals surface area (Å²) in [5.74, 6) is 0.0990. The molecule has 5 nitrogen and oxygen atoms in total. The molecule has 0 atom stereocenters. The predicted octanol–water partition coefficient (Wildman–Crippen LogP) is 2.11. The number of rotatable bonds is 1. The minimum absolute atomic E-state index is 0. The molecule has 2 aromatic rings. The van der Waals surface area contributed by atoms with Gasteiger partial charge in [-0.2, -0.15) is 0 Å². The molecule has 0 saturated carbocycles. The van der Waals surface area contributed by atoms with Crippen LogP contribution in [0.1, 0.15) is 10.4 Å². The molecule has 21 heavy (non-hydrogen) atoms. The summed E-state index contributed by atoms with van der Waals surface area (Å²) in [5, 5.41) is 0.541. The largest absolute Gasteiger partial charge is 0.375 e. The Hall–Kier alpha value is -1.08. The summed E-state index contributed by atoms with van der Waals surface area (Å²) in [6.07, 6.45) is 0. The molecule has 1 amide bonds. The molecule has 2 N–H and O–H groups in total. The molecular formula is C13H18Cl2N4OS.